The van der Waals surface area contributed by atoms with Crippen molar-refractivity contribution in [2.45, 2.75) is 19.3 Å². The predicted molar refractivity (Wildman–Crippen MR) is 87.2 cm³/mol. The molecular formula is C18H19NO4. The molecule has 1 aliphatic heterocycles. The fourth-order valence-electron chi connectivity index (χ4n) is 2.40. The van der Waals surface area contributed by atoms with Gasteiger partial charge in [0.05, 0.1) is 12.5 Å². The Balaban J connectivity index is 1.82. The van der Waals surface area contributed by atoms with Crippen LogP contribution in [0.2, 0.25) is 0 Å². The third-order valence-electron chi connectivity index (χ3n) is 3.99. The van der Waals surface area contributed by atoms with Crippen LogP contribution in [0.1, 0.15) is 19.4 Å². The Bertz CT molecular complexity index is 740. The van der Waals surface area contributed by atoms with Gasteiger partial charge in [0, 0.05) is 11.8 Å². The van der Waals surface area contributed by atoms with Crippen LogP contribution in [-0.4, -0.2) is 19.8 Å². The van der Waals surface area contributed by atoms with Crippen molar-refractivity contribution in [2.24, 2.45) is 0 Å². The van der Waals surface area contributed by atoms with Gasteiger partial charge in [0.2, 0.25) is 12.7 Å². The molecule has 1 N–H and O–H groups in total. The topological polar surface area (TPSA) is 56.8 Å². The van der Waals surface area contributed by atoms with E-state index in [0.29, 0.717) is 22.9 Å². The Morgan fingerprint density at radius 2 is 1.91 bits per heavy atom. The molecule has 0 saturated carbocycles. The molecule has 0 spiro atoms. The van der Waals surface area contributed by atoms with Crippen LogP contribution in [0.5, 0.6) is 17.2 Å². The summed E-state index contributed by atoms with van der Waals surface area (Å²) in [6, 6.07) is 12.9. The lowest BCUT2D eigenvalue weighted by Crippen LogP contribution is -2.34. The Morgan fingerprint density at radius 3 is 2.70 bits per heavy atom. The van der Waals surface area contributed by atoms with Gasteiger partial charge < -0.3 is 19.5 Å². The molecule has 1 aliphatic rings. The van der Waals surface area contributed by atoms with Crippen molar-refractivity contribution < 1.29 is 19.0 Å². The number of fused-ring (bicyclic) bond motifs is 1. The highest BCUT2D eigenvalue weighted by Crippen LogP contribution is 2.36. The normalized spacial score (nSPS) is 12.8. The van der Waals surface area contributed by atoms with Crippen LogP contribution in [0.4, 0.5) is 5.69 Å². The zero-order valence-electron chi connectivity index (χ0n) is 13.4. The van der Waals surface area contributed by atoms with Gasteiger partial charge in [-0.2, -0.15) is 0 Å². The maximum atomic E-state index is 12.7. The molecule has 5 heteroatoms. The number of carbonyl (C=O) groups excluding carboxylic acids is 1. The molecule has 0 aromatic heterocycles. The minimum absolute atomic E-state index is 0.107. The molecule has 5 nitrogen and oxygen atoms in total. The molecule has 1 amide bonds. The molecule has 0 bridgehead atoms. The van der Waals surface area contributed by atoms with Gasteiger partial charge in [0.25, 0.3) is 0 Å². The Hall–Kier alpha value is -2.69. The van der Waals surface area contributed by atoms with E-state index >= 15 is 0 Å². The van der Waals surface area contributed by atoms with Crippen LogP contribution in [0.25, 0.3) is 0 Å². The second kappa shape index (κ2) is 5.83. The summed E-state index contributed by atoms with van der Waals surface area (Å²) in [7, 11) is 1.59. The highest BCUT2D eigenvalue weighted by molar-refractivity contribution is 5.98. The number of hydrogen-bond donors (Lipinski definition) is 1. The SMILES string of the molecule is COc1cccc(NC(=O)C(C)(C)c2ccc3c(c2)OCO3)c1. The average molecular weight is 313 g/mol. The molecule has 0 saturated heterocycles. The summed E-state index contributed by atoms with van der Waals surface area (Å²) in [6.45, 7) is 3.97. The van der Waals surface area contributed by atoms with E-state index in [-0.39, 0.29) is 12.7 Å². The molecule has 0 aliphatic carbocycles. The van der Waals surface area contributed by atoms with Crippen LogP contribution < -0.4 is 19.5 Å². The minimum atomic E-state index is -0.718. The van der Waals surface area contributed by atoms with E-state index in [1.807, 2.05) is 50.2 Å². The number of amides is 1. The smallest absolute Gasteiger partial charge is 0.234 e. The van der Waals surface area contributed by atoms with E-state index in [1.165, 1.54) is 0 Å². The summed E-state index contributed by atoms with van der Waals surface area (Å²) < 4.78 is 15.9. The maximum absolute atomic E-state index is 12.7. The van der Waals surface area contributed by atoms with E-state index in [1.54, 1.807) is 13.2 Å². The number of benzene rings is 2. The van der Waals surface area contributed by atoms with Crippen molar-refractivity contribution in [1.82, 2.24) is 0 Å². The molecule has 23 heavy (non-hydrogen) atoms. The van der Waals surface area contributed by atoms with Crippen molar-refractivity contribution in [3.8, 4) is 17.2 Å². The van der Waals surface area contributed by atoms with E-state index < -0.39 is 5.41 Å². The number of anilines is 1. The fraction of sp³-hybridized carbons (Fsp3) is 0.278. The monoisotopic (exact) mass is 313 g/mol. The highest BCUT2D eigenvalue weighted by Gasteiger charge is 2.31. The third-order valence-corrected chi connectivity index (χ3v) is 3.99. The lowest BCUT2D eigenvalue weighted by molar-refractivity contribution is -0.120. The molecule has 3 rings (SSSR count). The lowest BCUT2D eigenvalue weighted by Gasteiger charge is -2.24. The largest absolute Gasteiger partial charge is 0.497 e. The molecular weight excluding hydrogens is 294 g/mol. The minimum Gasteiger partial charge on any atom is -0.497 e. The summed E-state index contributed by atoms with van der Waals surface area (Å²) in [4.78, 5) is 12.7. The van der Waals surface area contributed by atoms with Gasteiger partial charge in [-0.15, -0.1) is 0 Å². The summed E-state index contributed by atoms with van der Waals surface area (Å²) >= 11 is 0. The molecule has 0 radical (unpaired) electrons. The van der Waals surface area contributed by atoms with Crippen LogP contribution in [0.3, 0.4) is 0 Å². The zero-order chi connectivity index (χ0) is 16.4. The van der Waals surface area contributed by atoms with E-state index in [9.17, 15) is 4.79 Å². The van der Waals surface area contributed by atoms with Crippen LogP contribution in [0, 0.1) is 0 Å². The predicted octanol–water partition coefficient (Wildman–Crippen LogP) is 3.34. The number of hydrogen-bond acceptors (Lipinski definition) is 4. The Labute approximate surface area is 135 Å². The standard InChI is InChI=1S/C18H19NO4/c1-18(2,12-7-8-15-16(9-12)23-11-22-15)17(20)19-13-5-4-6-14(10-13)21-3/h4-10H,11H2,1-3H3,(H,19,20). The molecule has 1 heterocycles. The number of methoxy groups -OCH3 is 1. The first-order valence-corrected chi connectivity index (χ1v) is 7.36. The van der Waals surface area contributed by atoms with E-state index in [4.69, 9.17) is 14.2 Å². The fourth-order valence-corrected chi connectivity index (χ4v) is 2.40. The Morgan fingerprint density at radius 1 is 1.13 bits per heavy atom. The number of carbonyl (C=O) groups is 1. The van der Waals surface area contributed by atoms with Crippen LogP contribution in [-0.2, 0) is 10.2 Å². The third kappa shape index (κ3) is 2.95. The quantitative estimate of drug-likeness (QED) is 0.940. The van der Waals surface area contributed by atoms with Gasteiger partial charge in [-0.1, -0.05) is 12.1 Å². The molecule has 120 valence electrons. The first-order valence-electron chi connectivity index (χ1n) is 7.36. The number of rotatable bonds is 4. The van der Waals surface area contributed by atoms with Gasteiger partial charge >= 0.3 is 0 Å². The first-order chi connectivity index (χ1) is 11.0. The molecule has 2 aromatic carbocycles. The summed E-state index contributed by atoms with van der Waals surface area (Å²) in [5.41, 5.74) is 0.842. The summed E-state index contributed by atoms with van der Waals surface area (Å²) in [6.07, 6.45) is 0. The van der Waals surface area contributed by atoms with Gasteiger partial charge in [0.1, 0.15) is 5.75 Å². The van der Waals surface area contributed by atoms with Gasteiger partial charge in [-0.05, 0) is 43.7 Å². The van der Waals surface area contributed by atoms with Crippen molar-refractivity contribution in [3.63, 3.8) is 0 Å². The lowest BCUT2D eigenvalue weighted by atomic mass is 9.83. The second-order valence-electron chi connectivity index (χ2n) is 5.88. The Kier molecular flexibility index (Phi) is 3.86. The average Bonchev–Trinajstić information content (AvgIpc) is 3.02. The van der Waals surface area contributed by atoms with Gasteiger partial charge in [0.15, 0.2) is 11.5 Å². The van der Waals surface area contributed by atoms with E-state index in [2.05, 4.69) is 5.32 Å². The van der Waals surface area contributed by atoms with Crippen molar-refractivity contribution in [3.05, 3.63) is 48.0 Å². The van der Waals surface area contributed by atoms with Gasteiger partial charge in [-0.3, -0.25) is 4.79 Å². The van der Waals surface area contributed by atoms with Crippen molar-refractivity contribution in [1.29, 1.82) is 0 Å². The number of ether oxygens (including phenoxy) is 3. The molecule has 0 unspecified atom stereocenters. The van der Waals surface area contributed by atoms with Crippen molar-refractivity contribution in [2.75, 3.05) is 19.2 Å². The number of nitrogens with one attached hydrogen (secondary N) is 1. The molecule has 2 aromatic rings. The molecule has 0 fully saturated rings. The van der Waals surface area contributed by atoms with Crippen molar-refractivity contribution >= 4 is 11.6 Å². The summed E-state index contributed by atoms with van der Waals surface area (Å²) in [5.74, 6) is 1.97. The molecule has 0 atom stereocenters. The van der Waals surface area contributed by atoms with Gasteiger partial charge in [-0.25, -0.2) is 0 Å². The maximum Gasteiger partial charge on any atom is 0.234 e. The zero-order valence-corrected chi connectivity index (χ0v) is 13.4. The van der Waals surface area contributed by atoms with Crippen LogP contribution >= 0.6 is 0 Å². The van der Waals surface area contributed by atoms with E-state index in [0.717, 1.165) is 5.56 Å². The second-order valence-corrected chi connectivity index (χ2v) is 5.88. The first kappa shape index (κ1) is 15.2. The highest BCUT2D eigenvalue weighted by atomic mass is 16.7. The van der Waals surface area contributed by atoms with Crippen LogP contribution in [0.15, 0.2) is 42.5 Å². The summed E-state index contributed by atoms with van der Waals surface area (Å²) in [5, 5.41) is 2.93.